The van der Waals surface area contributed by atoms with Crippen LogP contribution in [-0.2, 0) is 19.5 Å². The summed E-state index contributed by atoms with van der Waals surface area (Å²) in [6.45, 7) is 6.59. The molecule has 0 N–H and O–H groups in total. The maximum Gasteiger partial charge on any atom is 0.155 e. The van der Waals surface area contributed by atoms with Crippen molar-refractivity contribution in [2.75, 3.05) is 11.4 Å². The fourth-order valence-corrected chi connectivity index (χ4v) is 4.79. The van der Waals surface area contributed by atoms with E-state index >= 15 is 0 Å². The molecular formula is C26H23ClN4. The first kappa shape index (κ1) is 19.7. The molecule has 5 rings (SSSR count). The zero-order valence-corrected chi connectivity index (χ0v) is 18.4. The van der Waals surface area contributed by atoms with Gasteiger partial charge in [-0.15, -0.1) is 0 Å². The van der Waals surface area contributed by atoms with Gasteiger partial charge in [-0.25, -0.2) is 4.98 Å². The molecular weight excluding hydrogens is 404 g/mol. The molecule has 4 aromatic rings. The van der Waals surface area contributed by atoms with Gasteiger partial charge in [0.2, 0.25) is 0 Å². The lowest BCUT2D eigenvalue weighted by Crippen LogP contribution is -2.31. The molecule has 0 aliphatic carbocycles. The Morgan fingerprint density at radius 2 is 1.81 bits per heavy atom. The summed E-state index contributed by atoms with van der Waals surface area (Å²) in [5, 5.41) is 11.5. The number of hydrogen-bond acceptors (Lipinski definition) is 3. The summed E-state index contributed by atoms with van der Waals surface area (Å²) in [4.78, 5) is 7.12. The molecule has 4 nitrogen and oxygen atoms in total. The molecule has 2 aromatic heterocycles. The minimum Gasteiger partial charge on any atom is -0.350 e. The van der Waals surface area contributed by atoms with Crippen LogP contribution in [0.2, 0.25) is 5.02 Å². The predicted molar refractivity (Wildman–Crippen MR) is 126 cm³/mol. The molecule has 0 atom stereocenters. The quantitative estimate of drug-likeness (QED) is 0.416. The molecule has 1 aliphatic rings. The maximum absolute atomic E-state index is 9.66. The zero-order valence-electron chi connectivity index (χ0n) is 17.7. The van der Waals surface area contributed by atoms with Gasteiger partial charge in [-0.05, 0) is 54.7 Å². The van der Waals surface area contributed by atoms with Crippen LogP contribution in [0.25, 0.3) is 10.9 Å². The average Bonchev–Trinajstić information content (AvgIpc) is 3.04. The van der Waals surface area contributed by atoms with E-state index in [2.05, 4.69) is 59.7 Å². The van der Waals surface area contributed by atoms with E-state index < -0.39 is 0 Å². The summed E-state index contributed by atoms with van der Waals surface area (Å²) in [6, 6.07) is 20.7. The van der Waals surface area contributed by atoms with Crippen LogP contribution in [-0.4, -0.2) is 16.1 Å². The number of hydrogen-bond donors (Lipinski definition) is 0. The van der Waals surface area contributed by atoms with Crippen molar-refractivity contribution in [1.29, 1.82) is 5.26 Å². The zero-order chi connectivity index (χ0) is 21.5. The second-order valence-electron chi connectivity index (χ2n) is 8.17. The van der Waals surface area contributed by atoms with E-state index in [0.29, 0.717) is 12.2 Å². The summed E-state index contributed by atoms with van der Waals surface area (Å²) in [6.07, 6.45) is 0.972. The molecule has 1 aliphatic heterocycles. The Bertz CT molecular complexity index is 1350. The summed E-state index contributed by atoms with van der Waals surface area (Å²) in [5.41, 5.74) is 7.68. The van der Waals surface area contributed by atoms with E-state index in [9.17, 15) is 5.26 Å². The molecule has 0 radical (unpaired) electrons. The normalized spacial score (nSPS) is 13.3. The Morgan fingerprint density at radius 1 is 1.06 bits per heavy atom. The van der Waals surface area contributed by atoms with Crippen LogP contribution in [0.1, 0.15) is 33.6 Å². The average molecular weight is 427 g/mol. The van der Waals surface area contributed by atoms with Gasteiger partial charge in [-0.2, -0.15) is 5.26 Å². The van der Waals surface area contributed by atoms with E-state index in [1.807, 2.05) is 24.3 Å². The fraction of sp³-hybridized carbons (Fsp3) is 0.231. The number of halogens is 1. The van der Waals surface area contributed by atoms with Crippen molar-refractivity contribution in [2.45, 2.75) is 33.4 Å². The van der Waals surface area contributed by atoms with Gasteiger partial charge in [0.05, 0.1) is 5.52 Å². The minimum atomic E-state index is 0.458. The molecule has 3 heterocycles. The number of rotatable bonds is 3. The Labute approximate surface area is 187 Å². The predicted octanol–water partition coefficient (Wildman–Crippen LogP) is 5.79. The van der Waals surface area contributed by atoms with Crippen molar-refractivity contribution >= 4 is 28.3 Å². The lowest BCUT2D eigenvalue weighted by atomic mass is 10.00. The van der Waals surface area contributed by atoms with Crippen molar-refractivity contribution in [3.8, 4) is 6.07 Å². The number of fused-ring (bicyclic) bond motifs is 2. The van der Waals surface area contributed by atoms with E-state index in [1.54, 1.807) is 0 Å². The molecule has 5 heteroatoms. The highest BCUT2D eigenvalue weighted by molar-refractivity contribution is 6.31. The number of anilines is 1. The lowest BCUT2D eigenvalue weighted by Gasteiger charge is -2.30. The van der Waals surface area contributed by atoms with Gasteiger partial charge < -0.3 is 9.47 Å². The summed E-state index contributed by atoms with van der Waals surface area (Å²) < 4.78 is 2.30. The van der Waals surface area contributed by atoms with E-state index in [0.717, 1.165) is 46.8 Å². The summed E-state index contributed by atoms with van der Waals surface area (Å²) >= 11 is 6.49. The Balaban J connectivity index is 1.70. The third-order valence-corrected chi connectivity index (χ3v) is 6.80. The van der Waals surface area contributed by atoms with Crippen molar-refractivity contribution < 1.29 is 0 Å². The standard InChI is InChI=1S/C26H23ClN4/c1-17-18(2)31(16-21-9-5-6-10-24(21)27)25-23(17)13-22(14-28)29-26(25)30-12-11-19-7-3-4-8-20(19)15-30/h3-10,13H,11-12,15-16H2,1-2H3. The maximum atomic E-state index is 9.66. The van der Waals surface area contributed by atoms with Crippen LogP contribution in [0, 0.1) is 25.2 Å². The van der Waals surface area contributed by atoms with Crippen LogP contribution in [0.5, 0.6) is 0 Å². The second kappa shape index (κ2) is 7.76. The number of benzene rings is 2. The van der Waals surface area contributed by atoms with E-state index in [4.69, 9.17) is 16.6 Å². The largest absolute Gasteiger partial charge is 0.350 e. The molecule has 2 aromatic carbocycles. The molecule has 0 fully saturated rings. The monoisotopic (exact) mass is 426 g/mol. The van der Waals surface area contributed by atoms with Crippen LogP contribution < -0.4 is 4.90 Å². The van der Waals surface area contributed by atoms with Crippen molar-refractivity contribution in [3.05, 3.63) is 93.3 Å². The minimum absolute atomic E-state index is 0.458. The first-order chi connectivity index (χ1) is 15.1. The van der Waals surface area contributed by atoms with Crippen LogP contribution in [0.4, 0.5) is 5.82 Å². The molecule has 0 saturated heterocycles. The topological polar surface area (TPSA) is 44.9 Å². The lowest BCUT2D eigenvalue weighted by molar-refractivity contribution is 0.717. The Kier molecular flexibility index (Phi) is 4.92. The van der Waals surface area contributed by atoms with Crippen molar-refractivity contribution in [2.24, 2.45) is 0 Å². The van der Waals surface area contributed by atoms with E-state index in [-0.39, 0.29) is 0 Å². The second-order valence-corrected chi connectivity index (χ2v) is 8.57. The molecule has 0 amide bonds. The number of nitriles is 1. The third-order valence-electron chi connectivity index (χ3n) is 6.43. The Hall–Kier alpha value is -3.29. The molecule has 0 spiro atoms. The summed E-state index contributed by atoms with van der Waals surface area (Å²) in [5.74, 6) is 0.881. The van der Waals surface area contributed by atoms with Gasteiger partial charge in [0.15, 0.2) is 5.82 Å². The van der Waals surface area contributed by atoms with Gasteiger partial charge in [0.25, 0.3) is 0 Å². The van der Waals surface area contributed by atoms with Crippen LogP contribution in [0.3, 0.4) is 0 Å². The smallest absolute Gasteiger partial charge is 0.155 e. The van der Waals surface area contributed by atoms with Crippen molar-refractivity contribution in [1.82, 2.24) is 9.55 Å². The SMILES string of the molecule is Cc1c(C)n(Cc2ccccc2Cl)c2c(N3CCc4ccccc4C3)nc(C#N)cc12. The van der Waals surface area contributed by atoms with Crippen LogP contribution >= 0.6 is 11.6 Å². The van der Waals surface area contributed by atoms with Crippen LogP contribution in [0.15, 0.2) is 54.6 Å². The number of pyridine rings is 1. The van der Waals surface area contributed by atoms with Gasteiger partial charge in [0.1, 0.15) is 11.8 Å². The third kappa shape index (κ3) is 3.36. The van der Waals surface area contributed by atoms with Crippen molar-refractivity contribution in [3.63, 3.8) is 0 Å². The highest BCUT2D eigenvalue weighted by atomic mass is 35.5. The molecule has 0 saturated carbocycles. The fourth-order valence-electron chi connectivity index (χ4n) is 4.59. The van der Waals surface area contributed by atoms with E-state index in [1.165, 1.54) is 22.4 Å². The highest BCUT2D eigenvalue weighted by Gasteiger charge is 2.24. The first-order valence-electron chi connectivity index (χ1n) is 10.5. The van der Waals surface area contributed by atoms with Gasteiger partial charge in [0, 0.05) is 35.7 Å². The first-order valence-corrected chi connectivity index (χ1v) is 10.9. The highest BCUT2D eigenvalue weighted by Crippen LogP contribution is 2.35. The summed E-state index contributed by atoms with van der Waals surface area (Å²) in [7, 11) is 0. The van der Waals surface area contributed by atoms with Gasteiger partial charge in [-0.1, -0.05) is 54.1 Å². The molecule has 0 unspecified atom stereocenters. The number of nitrogens with zero attached hydrogens (tertiary/aromatic N) is 4. The molecule has 154 valence electrons. The molecule has 31 heavy (non-hydrogen) atoms. The Morgan fingerprint density at radius 3 is 2.58 bits per heavy atom. The molecule has 0 bridgehead atoms. The van der Waals surface area contributed by atoms with Gasteiger partial charge in [-0.3, -0.25) is 0 Å². The number of aromatic nitrogens is 2. The number of aryl methyl sites for hydroxylation is 1. The van der Waals surface area contributed by atoms with Gasteiger partial charge >= 0.3 is 0 Å².